The van der Waals surface area contributed by atoms with Gasteiger partial charge in [0.25, 0.3) is 0 Å². The van der Waals surface area contributed by atoms with E-state index < -0.39 is 0 Å². The highest BCUT2D eigenvalue weighted by Gasteiger charge is 2.11. The molecule has 0 N–H and O–H groups in total. The molecule has 14 heavy (non-hydrogen) atoms. The lowest BCUT2D eigenvalue weighted by Crippen LogP contribution is -1.97. The van der Waals surface area contributed by atoms with Crippen LogP contribution in [0.2, 0.25) is 0 Å². The van der Waals surface area contributed by atoms with Gasteiger partial charge in [-0.2, -0.15) is 0 Å². The smallest absolute Gasteiger partial charge is 0.190 e. The topological polar surface area (TPSA) is 21.6 Å². The molecule has 1 aliphatic heterocycles. The molecular weight excluding hydrogens is 289 g/mol. The number of nitrogens with zero attached hydrogens (tertiary/aromatic N) is 1. The molecular formula is C11H18INO. The summed E-state index contributed by atoms with van der Waals surface area (Å²) in [6, 6.07) is 0. The van der Waals surface area contributed by atoms with Crippen molar-refractivity contribution in [3.63, 3.8) is 0 Å². The first-order chi connectivity index (χ1) is 6.86. The van der Waals surface area contributed by atoms with Gasteiger partial charge < -0.3 is 4.74 Å². The van der Waals surface area contributed by atoms with Crippen LogP contribution in [0.3, 0.4) is 0 Å². The molecule has 0 spiro atoms. The minimum atomic E-state index is 0.743. The number of rotatable bonds is 6. The Morgan fingerprint density at radius 2 is 2.14 bits per heavy atom. The molecule has 3 heteroatoms. The monoisotopic (exact) mass is 307 g/mol. The van der Waals surface area contributed by atoms with E-state index in [4.69, 9.17) is 4.74 Å². The van der Waals surface area contributed by atoms with Crippen molar-refractivity contribution >= 4 is 28.5 Å². The van der Waals surface area contributed by atoms with Gasteiger partial charge in [0.15, 0.2) is 5.90 Å². The third kappa shape index (κ3) is 4.44. The molecule has 0 atom stereocenters. The van der Waals surface area contributed by atoms with Gasteiger partial charge in [-0.3, -0.25) is 0 Å². The summed E-state index contributed by atoms with van der Waals surface area (Å²) in [7, 11) is 0. The molecule has 1 aliphatic rings. The summed E-state index contributed by atoms with van der Waals surface area (Å²) >= 11 is 2.20. The molecule has 0 radical (unpaired) electrons. The highest BCUT2D eigenvalue weighted by molar-refractivity contribution is 14.1. The van der Waals surface area contributed by atoms with Gasteiger partial charge in [0.2, 0.25) is 0 Å². The van der Waals surface area contributed by atoms with Crippen LogP contribution in [0.1, 0.15) is 45.4 Å². The van der Waals surface area contributed by atoms with E-state index in [9.17, 15) is 0 Å². The minimum absolute atomic E-state index is 0.743. The Hall–Kier alpha value is -0.0600. The fraction of sp³-hybridized carbons (Fsp3) is 0.727. The Labute approximate surface area is 100.0 Å². The molecule has 0 saturated heterocycles. The van der Waals surface area contributed by atoms with Crippen LogP contribution in [0, 0.1) is 0 Å². The predicted octanol–water partition coefficient (Wildman–Crippen LogP) is 4.05. The number of hydrogen-bond donors (Lipinski definition) is 0. The third-order valence-electron chi connectivity index (χ3n) is 2.28. The zero-order valence-electron chi connectivity index (χ0n) is 8.76. The number of aliphatic imine (C=N–C) groups is 1. The van der Waals surface area contributed by atoms with E-state index in [0.717, 1.165) is 24.6 Å². The third-order valence-corrected chi connectivity index (χ3v) is 2.97. The quantitative estimate of drug-likeness (QED) is 0.536. The SMILES string of the molecule is CCCCCCCC1=NC/C(=C\I)O1. The number of unbranched alkanes of at least 4 members (excludes halogenated alkanes) is 4. The van der Waals surface area contributed by atoms with Crippen molar-refractivity contribution in [3.05, 3.63) is 9.84 Å². The fourth-order valence-electron chi connectivity index (χ4n) is 1.45. The molecule has 0 fully saturated rings. The number of halogens is 1. The van der Waals surface area contributed by atoms with Crippen molar-refractivity contribution < 1.29 is 4.74 Å². The first-order valence-electron chi connectivity index (χ1n) is 5.37. The summed E-state index contributed by atoms with van der Waals surface area (Å²) in [5.74, 6) is 1.93. The maximum absolute atomic E-state index is 5.52. The van der Waals surface area contributed by atoms with Crippen LogP contribution in [0.5, 0.6) is 0 Å². The van der Waals surface area contributed by atoms with Crippen molar-refractivity contribution in [2.75, 3.05) is 6.54 Å². The maximum Gasteiger partial charge on any atom is 0.190 e. The van der Waals surface area contributed by atoms with E-state index >= 15 is 0 Å². The van der Waals surface area contributed by atoms with Crippen molar-refractivity contribution in [1.29, 1.82) is 0 Å². The van der Waals surface area contributed by atoms with E-state index in [1.807, 2.05) is 4.08 Å². The second kappa shape index (κ2) is 7.26. The number of hydrogen-bond acceptors (Lipinski definition) is 2. The minimum Gasteiger partial charge on any atom is -0.445 e. The Kier molecular flexibility index (Phi) is 6.23. The molecule has 0 bridgehead atoms. The summed E-state index contributed by atoms with van der Waals surface area (Å²) in [6.07, 6.45) is 7.54. The van der Waals surface area contributed by atoms with Crippen molar-refractivity contribution in [2.45, 2.75) is 45.4 Å². The van der Waals surface area contributed by atoms with Crippen molar-refractivity contribution in [3.8, 4) is 0 Å². The molecule has 0 aliphatic carbocycles. The average Bonchev–Trinajstić information content (AvgIpc) is 2.65. The lowest BCUT2D eigenvalue weighted by molar-refractivity contribution is 0.424. The van der Waals surface area contributed by atoms with E-state index in [2.05, 4.69) is 34.5 Å². The van der Waals surface area contributed by atoms with Crippen LogP contribution in [0.25, 0.3) is 0 Å². The van der Waals surface area contributed by atoms with Crippen LogP contribution >= 0.6 is 22.6 Å². The largest absolute Gasteiger partial charge is 0.445 e. The van der Waals surface area contributed by atoms with Gasteiger partial charge in [0.05, 0.1) is 0 Å². The molecule has 0 amide bonds. The van der Waals surface area contributed by atoms with E-state index in [1.165, 1.54) is 32.1 Å². The van der Waals surface area contributed by atoms with Gasteiger partial charge in [-0.25, -0.2) is 4.99 Å². The molecule has 1 rings (SSSR count). The van der Waals surface area contributed by atoms with Crippen LogP contribution in [0.15, 0.2) is 14.8 Å². The van der Waals surface area contributed by atoms with Gasteiger partial charge >= 0.3 is 0 Å². The lowest BCUT2D eigenvalue weighted by Gasteiger charge is -2.01. The van der Waals surface area contributed by atoms with Gasteiger partial charge in [-0.15, -0.1) is 0 Å². The van der Waals surface area contributed by atoms with E-state index in [-0.39, 0.29) is 0 Å². The van der Waals surface area contributed by atoms with Crippen molar-refractivity contribution in [2.24, 2.45) is 4.99 Å². The van der Waals surface area contributed by atoms with Gasteiger partial charge in [0.1, 0.15) is 12.3 Å². The molecule has 0 unspecified atom stereocenters. The Morgan fingerprint density at radius 3 is 2.79 bits per heavy atom. The standard InChI is InChI=1S/C11H18INO/c1-2-3-4-5-6-7-11-13-9-10(8-12)14-11/h8H,2-7,9H2,1H3/b10-8+. The number of ether oxygens (including phenoxy) is 1. The molecule has 0 aromatic heterocycles. The van der Waals surface area contributed by atoms with Crippen LogP contribution in [0.4, 0.5) is 0 Å². The Morgan fingerprint density at radius 1 is 1.36 bits per heavy atom. The van der Waals surface area contributed by atoms with E-state index in [1.54, 1.807) is 0 Å². The molecule has 0 saturated carbocycles. The molecule has 2 nitrogen and oxygen atoms in total. The molecule has 80 valence electrons. The first kappa shape index (κ1) is 12.0. The lowest BCUT2D eigenvalue weighted by atomic mass is 10.1. The second-order valence-corrected chi connectivity index (χ2v) is 4.17. The summed E-state index contributed by atoms with van der Waals surface area (Å²) in [4.78, 5) is 4.33. The van der Waals surface area contributed by atoms with Gasteiger partial charge in [-0.1, -0.05) is 32.6 Å². The molecule has 0 aromatic rings. The van der Waals surface area contributed by atoms with Crippen LogP contribution in [-0.2, 0) is 4.74 Å². The van der Waals surface area contributed by atoms with Crippen LogP contribution < -0.4 is 0 Å². The zero-order valence-corrected chi connectivity index (χ0v) is 10.9. The predicted molar refractivity (Wildman–Crippen MR) is 68.9 cm³/mol. The second-order valence-electron chi connectivity index (χ2n) is 3.55. The average molecular weight is 307 g/mol. The van der Waals surface area contributed by atoms with Gasteiger partial charge in [0, 0.05) is 10.5 Å². The zero-order chi connectivity index (χ0) is 10.2. The summed E-state index contributed by atoms with van der Waals surface area (Å²) in [6.45, 7) is 2.98. The maximum atomic E-state index is 5.52. The van der Waals surface area contributed by atoms with Gasteiger partial charge in [-0.05, 0) is 29.0 Å². The van der Waals surface area contributed by atoms with Crippen LogP contribution in [-0.4, -0.2) is 12.4 Å². The first-order valence-corrected chi connectivity index (χ1v) is 6.61. The Bertz CT molecular complexity index is 223. The highest BCUT2D eigenvalue weighted by atomic mass is 127. The fourth-order valence-corrected chi connectivity index (χ4v) is 1.77. The summed E-state index contributed by atoms with van der Waals surface area (Å²) in [5, 5.41) is 0. The summed E-state index contributed by atoms with van der Waals surface area (Å²) < 4.78 is 7.48. The highest BCUT2D eigenvalue weighted by Crippen LogP contribution is 2.15. The normalized spacial score (nSPS) is 18.4. The Balaban J connectivity index is 2.03. The molecule has 1 heterocycles. The van der Waals surface area contributed by atoms with E-state index in [0.29, 0.717) is 0 Å². The summed E-state index contributed by atoms with van der Waals surface area (Å²) in [5.41, 5.74) is 0. The van der Waals surface area contributed by atoms with Crippen molar-refractivity contribution in [1.82, 2.24) is 0 Å². The molecule has 0 aromatic carbocycles.